The zero-order valence-electron chi connectivity index (χ0n) is 19.2. The average Bonchev–Trinajstić information content (AvgIpc) is 3.40. The van der Waals surface area contributed by atoms with E-state index in [1.165, 1.54) is 4.90 Å². The number of ether oxygens (including phenoxy) is 1. The minimum absolute atomic E-state index is 0.195. The predicted octanol–water partition coefficient (Wildman–Crippen LogP) is 5.14. The Morgan fingerprint density at radius 2 is 1.91 bits per heavy atom. The van der Waals surface area contributed by atoms with Gasteiger partial charge in [-0.05, 0) is 60.3 Å². The average molecular weight is 512 g/mol. The van der Waals surface area contributed by atoms with Crippen LogP contribution in [0, 0.1) is 0 Å². The van der Waals surface area contributed by atoms with Crippen molar-refractivity contribution in [2.75, 3.05) is 4.90 Å². The number of hydrogen-bond acceptors (Lipinski definition) is 6. The fourth-order valence-electron chi connectivity index (χ4n) is 3.42. The van der Waals surface area contributed by atoms with Crippen LogP contribution in [0.3, 0.4) is 0 Å². The van der Waals surface area contributed by atoms with Gasteiger partial charge in [-0.25, -0.2) is 19.4 Å². The Kier molecular flexibility index (Phi) is 6.20. The number of carbonyl (C=O) groups excluding carboxylic acids is 1. The Bertz CT molecular complexity index is 1280. The van der Waals surface area contributed by atoms with E-state index >= 15 is 0 Å². The molecule has 1 amide bonds. The van der Waals surface area contributed by atoms with Gasteiger partial charge in [0, 0.05) is 18.0 Å². The highest BCUT2D eigenvalue weighted by molar-refractivity contribution is 9.10. The molecule has 1 aromatic carbocycles. The van der Waals surface area contributed by atoms with Crippen molar-refractivity contribution in [1.82, 2.24) is 29.4 Å². The van der Waals surface area contributed by atoms with Crippen LogP contribution in [0.15, 0.2) is 53.7 Å². The van der Waals surface area contributed by atoms with Gasteiger partial charge in [0.25, 0.3) is 0 Å². The molecular weight excluding hydrogens is 486 g/mol. The van der Waals surface area contributed by atoms with Crippen LogP contribution in [0.5, 0.6) is 0 Å². The van der Waals surface area contributed by atoms with Crippen LogP contribution in [-0.4, -0.2) is 41.1 Å². The predicted molar refractivity (Wildman–Crippen MR) is 129 cm³/mol. The van der Waals surface area contributed by atoms with Crippen LogP contribution >= 0.6 is 15.9 Å². The lowest BCUT2D eigenvalue weighted by Gasteiger charge is -2.27. The molecule has 4 aromatic rings. The minimum Gasteiger partial charge on any atom is -0.443 e. The SMILES string of the molecule is CC(C)c1cnn2c(N(Cc3ccccc3-n3cccn3)C(=O)OC(C)(C)C)nc(Br)nc12. The third-order valence-corrected chi connectivity index (χ3v) is 5.25. The maximum absolute atomic E-state index is 13.4. The fourth-order valence-corrected chi connectivity index (χ4v) is 3.75. The van der Waals surface area contributed by atoms with Gasteiger partial charge in [0.1, 0.15) is 5.60 Å². The Morgan fingerprint density at radius 3 is 2.58 bits per heavy atom. The first-order valence-electron chi connectivity index (χ1n) is 10.6. The monoisotopic (exact) mass is 511 g/mol. The van der Waals surface area contributed by atoms with E-state index in [4.69, 9.17) is 4.74 Å². The van der Waals surface area contributed by atoms with Gasteiger partial charge in [0.2, 0.25) is 10.7 Å². The molecule has 172 valence electrons. The molecule has 0 saturated carbocycles. The molecule has 0 aliphatic rings. The molecule has 33 heavy (non-hydrogen) atoms. The number of aromatic nitrogens is 6. The second kappa shape index (κ2) is 8.93. The van der Waals surface area contributed by atoms with Crippen LogP contribution < -0.4 is 4.90 Å². The molecule has 0 aliphatic carbocycles. The zero-order chi connectivity index (χ0) is 23.8. The number of anilines is 1. The van der Waals surface area contributed by atoms with Gasteiger partial charge in [-0.15, -0.1) is 0 Å². The van der Waals surface area contributed by atoms with E-state index < -0.39 is 11.7 Å². The van der Waals surface area contributed by atoms with Crippen molar-refractivity contribution >= 4 is 33.6 Å². The quantitative estimate of drug-likeness (QED) is 0.368. The molecule has 4 rings (SSSR count). The van der Waals surface area contributed by atoms with Crippen LogP contribution in [0.1, 0.15) is 51.7 Å². The molecule has 0 radical (unpaired) electrons. The Hall–Kier alpha value is -3.27. The van der Waals surface area contributed by atoms with Crippen LogP contribution in [-0.2, 0) is 11.3 Å². The van der Waals surface area contributed by atoms with Crippen molar-refractivity contribution in [1.29, 1.82) is 0 Å². The number of halogens is 1. The molecule has 0 aliphatic heterocycles. The molecule has 0 N–H and O–H groups in total. The van der Waals surface area contributed by atoms with Gasteiger partial charge in [0.05, 0.1) is 18.4 Å². The van der Waals surface area contributed by atoms with Crippen LogP contribution in [0.25, 0.3) is 11.3 Å². The van der Waals surface area contributed by atoms with E-state index in [-0.39, 0.29) is 12.5 Å². The highest BCUT2D eigenvalue weighted by Gasteiger charge is 2.29. The van der Waals surface area contributed by atoms with Crippen LogP contribution in [0.2, 0.25) is 0 Å². The zero-order valence-corrected chi connectivity index (χ0v) is 20.8. The third kappa shape index (κ3) is 4.90. The largest absolute Gasteiger partial charge is 0.443 e. The molecule has 0 atom stereocenters. The summed E-state index contributed by atoms with van der Waals surface area (Å²) in [5.74, 6) is 0.510. The Morgan fingerprint density at radius 1 is 1.15 bits per heavy atom. The number of amides is 1. The lowest BCUT2D eigenvalue weighted by atomic mass is 10.1. The molecule has 10 heteroatoms. The molecule has 0 unspecified atom stereocenters. The summed E-state index contributed by atoms with van der Waals surface area (Å²) >= 11 is 3.41. The van der Waals surface area contributed by atoms with Crippen molar-refractivity contribution in [3.63, 3.8) is 0 Å². The Balaban J connectivity index is 1.86. The minimum atomic E-state index is -0.687. The lowest BCUT2D eigenvalue weighted by Crippen LogP contribution is -2.38. The second-order valence-corrected chi connectivity index (χ2v) is 9.64. The highest BCUT2D eigenvalue weighted by Crippen LogP contribution is 2.27. The van der Waals surface area contributed by atoms with Gasteiger partial charge >= 0.3 is 6.09 Å². The highest BCUT2D eigenvalue weighted by atomic mass is 79.9. The number of para-hydroxylation sites is 1. The smallest absolute Gasteiger partial charge is 0.417 e. The number of fused-ring (bicyclic) bond motifs is 1. The van der Waals surface area contributed by atoms with Crippen LogP contribution in [0.4, 0.5) is 10.7 Å². The van der Waals surface area contributed by atoms with E-state index in [1.54, 1.807) is 21.6 Å². The van der Waals surface area contributed by atoms with E-state index in [0.29, 0.717) is 16.3 Å². The van der Waals surface area contributed by atoms with E-state index in [9.17, 15) is 4.79 Å². The van der Waals surface area contributed by atoms with Gasteiger partial charge in [-0.1, -0.05) is 32.0 Å². The van der Waals surface area contributed by atoms with Gasteiger partial charge < -0.3 is 4.74 Å². The van der Waals surface area contributed by atoms with Crippen molar-refractivity contribution in [2.45, 2.75) is 52.7 Å². The third-order valence-electron chi connectivity index (χ3n) is 4.90. The molecule has 0 spiro atoms. The first-order chi connectivity index (χ1) is 15.6. The summed E-state index contributed by atoms with van der Waals surface area (Å²) in [6.07, 6.45) is 4.80. The number of carbonyl (C=O) groups is 1. The van der Waals surface area contributed by atoms with Gasteiger partial charge in [-0.3, -0.25) is 0 Å². The molecule has 3 heterocycles. The molecule has 0 saturated heterocycles. The molecule has 0 fully saturated rings. The molecule has 0 bridgehead atoms. The van der Waals surface area contributed by atoms with Crippen molar-refractivity contribution in [3.05, 3.63) is 64.8 Å². The first kappa shape index (κ1) is 22.9. The Labute approximate surface area is 200 Å². The summed E-state index contributed by atoms with van der Waals surface area (Å²) < 4.78 is 9.46. The molecule has 9 nitrogen and oxygen atoms in total. The standard InChI is InChI=1S/C23H26BrN7O2/c1-15(2)17-13-26-31-19(17)27-20(24)28-21(31)29(22(32)33-23(3,4)5)14-16-9-6-7-10-18(16)30-12-8-11-25-30/h6-13,15H,14H2,1-5H3. The molecule has 3 aromatic heterocycles. The number of rotatable bonds is 5. The van der Waals surface area contributed by atoms with E-state index in [0.717, 1.165) is 16.8 Å². The first-order valence-corrected chi connectivity index (χ1v) is 11.4. The summed E-state index contributed by atoms with van der Waals surface area (Å²) in [7, 11) is 0. The summed E-state index contributed by atoms with van der Waals surface area (Å²) in [4.78, 5) is 23.9. The lowest BCUT2D eigenvalue weighted by molar-refractivity contribution is 0.0574. The van der Waals surface area contributed by atoms with Crippen molar-refractivity contribution in [2.24, 2.45) is 0 Å². The van der Waals surface area contributed by atoms with E-state index in [1.807, 2.05) is 57.3 Å². The van der Waals surface area contributed by atoms with Gasteiger partial charge in [0.15, 0.2) is 5.65 Å². The van der Waals surface area contributed by atoms with Crippen molar-refractivity contribution in [3.8, 4) is 5.69 Å². The number of nitrogens with zero attached hydrogens (tertiary/aromatic N) is 7. The second-order valence-electron chi connectivity index (χ2n) is 8.93. The normalized spacial score (nSPS) is 11.8. The maximum Gasteiger partial charge on any atom is 0.417 e. The topological polar surface area (TPSA) is 90.4 Å². The van der Waals surface area contributed by atoms with E-state index in [2.05, 4.69) is 49.9 Å². The maximum atomic E-state index is 13.4. The van der Waals surface area contributed by atoms with Gasteiger partial charge in [-0.2, -0.15) is 19.7 Å². The summed E-state index contributed by atoms with van der Waals surface area (Å²) in [6, 6.07) is 9.60. The van der Waals surface area contributed by atoms with Crippen molar-refractivity contribution < 1.29 is 9.53 Å². The fraction of sp³-hybridized carbons (Fsp3) is 0.348. The number of hydrogen-bond donors (Lipinski definition) is 0. The number of benzene rings is 1. The summed E-state index contributed by atoms with van der Waals surface area (Å²) in [5, 5.41) is 8.85. The summed E-state index contributed by atoms with van der Waals surface area (Å²) in [6.45, 7) is 9.82. The molecular formula is C23H26BrN7O2. The summed E-state index contributed by atoms with van der Waals surface area (Å²) in [5.41, 5.74) is 2.62.